The highest BCUT2D eigenvalue weighted by Crippen LogP contribution is 2.44. The molecule has 45 heavy (non-hydrogen) atoms. The van der Waals surface area contributed by atoms with Crippen LogP contribution in [0.3, 0.4) is 0 Å². The second kappa shape index (κ2) is 13.9. The second-order valence-electron chi connectivity index (χ2n) is 11.0. The molecule has 0 aliphatic heterocycles. The van der Waals surface area contributed by atoms with Gasteiger partial charge in [0.1, 0.15) is 26.3 Å². The Balaban J connectivity index is 1.23. The monoisotopic (exact) mass is 610 g/mol. The van der Waals surface area contributed by atoms with Gasteiger partial charge < -0.3 is 19.7 Å². The number of benzene rings is 3. The van der Waals surface area contributed by atoms with Crippen molar-refractivity contribution in [1.82, 2.24) is 19.8 Å². The molecule has 1 aliphatic rings. The summed E-state index contributed by atoms with van der Waals surface area (Å²) in [5.74, 6) is -1.36. The van der Waals surface area contributed by atoms with Gasteiger partial charge in [-0.25, -0.2) is 9.59 Å². The number of carbonyl (C=O) groups excluding carboxylic acids is 3. The fourth-order valence-corrected chi connectivity index (χ4v) is 5.39. The number of hydrogen-bond acceptors (Lipinski definition) is 7. The number of carbonyl (C=O) groups is 3. The zero-order valence-electron chi connectivity index (χ0n) is 25.0. The number of H-pyrrole nitrogens is 1. The lowest BCUT2D eigenvalue weighted by atomic mass is 9.98. The molecule has 2 N–H and O–H groups in total. The Morgan fingerprint density at radius 2 is 1.53 bits per heavy atom. The number of hydrogen-bond donors (Lipinski definition) is 2. The van der Waals surface area contributed by atoms with Crippen LogP contribution in [0.2, 0.25) is 0 Å². The van der Waals surface area contributed by atoms with Gasteiger partial charge in [0, 0.05) is 30.3 Å². The molecule has 3 aromatic carbocycles. The maximum Gasteiger partial charge on any atom is 0.407 e. The first kappa shape index (κ1) is 31.0. The van der Waals surface area contributed by atoms with Crippen LogP contribution in [0.25, 0.3) is 11.1 Å². The highest BCUT2D eigenvalue weighted by molar-refractivity contribution is 5.82. The maximum absolute atomic E-state index is 13.3. The van der Waals surface area contributed by atoms with Crippen LogP contribution in [0, 0.1) is 6.92 Å². The summed E-state index contributed by atoms with van der Waals surface area (Å²) in [6.07, 6.45) is 0.611. The number of aromatic amines is 1. The minimum absolute atomic E-state index is 0.0217. The Labute approximate surface area is 259 Å². The summed E-state index contributed by atoms with van der Waals surface area (Å²) in [7, 11) is 0. The van der Waals surface area contributed by atoms with Crippen molar-refractivity contribution >= 4 is 18.0 Å². The summed E-state index contributed by atoms with van der Waals surface area (Å²) >= 11 is 0. The third-order valence-electron chi connectivity index (χ3n) is 7.61. The highest BCUT2D eigenvalue weighted by Gasteiger charge is 2.29. The number of ether oxygens (including phenoxy) is 2. The smallest absolute Gasteiger partial charge is 0.407 e. The van der Waals surface area contributed by atoms with E-state index in [1.54, 1.807) is 6.92 Å². The van der Waals surface area contributed by atoms with Crippen LogP contribution in [-0.2, 0) is 32.2 Å². The van der Waals surface area contributed by atoms with Crippen LogP contribution in [-0.4, -0.2) is 58.2 Å². The van der Waals surface area contributed by atoms with Crippen LogP contribution in [0.15, 0.2) is 94.6 Å². The first-order valence-electron chi connectivity index (χ1n) is 14.6. The lowest BCUT2D eigenvalue weighted by molar-refractivity contribution is -0.150. The molecule has 0 radical (unpaired) electrons. The molecule has 4 aromatic rings. The maximum atomic E-state index is 13.3. The molecular weight excluding hydrogens is 576 g/mol. The number of rotatable bonds is 11. The zero-order valence-corrected chi connectivity index (χ0v) is 25.0. The quantitative estimate of drug-likeness (QED) is 0.248. The van der Waals surface area contributed by atoms with Gasteiger partial charge in [-0.05, 0) is 41.7 Å². The highest BCUT2D eigenvalue weighted by atomic mass is 16.5. The van der Waals surface area contributed by atoms with Crippen molar-refractivity contribution < 1.29 is 23.9 Å². The average Bonchev–Trinajstić information content (AvgIpc) is 3.35. The zero-order chi connectivity index (χ0) is 31.9. The van der Waals surface area contributed by atoms with Crippen LogP contribution < -0.4 is 16.6 Å². The minimum atomic E-state index is -0.754. The number of nitrogens with one attached hydrogen (secondary N) is 2. The second-order valence-corrected chi connectivity index (χ2v) is 11.0. The van der Waals surface area contributed by atoms with E-state index in [-0.39, 0.29) is 31.2 Å². The van der Waals surface area contributed by atoms with E-state index in [1.807, 2.05) is 66.7 Å². The molecule has 11 heteroatoms. The standard InChI is InChI=1S/C34H34N4O7/c1-22-16-38(33(42)36-32(22)41)18-30(39)37(19-31(40)44-20-24-10-4-3-5-11-24)17-23(2)35-34(43)45-21-29-27-14-8-6-12-25(27)26-13-7-9-15-28(26)29/h3-16,23,29H,17-21H2,1-2H3,(H,35,43)(H,36,41,42)/t23-/m0/s1. The van der Waals surface area contributed by atoms with E-state index in [1.165, 1.54) is 18.0 Å². The third-order valence-corrected chi connectivity index (χ3v) is 7.61. The average molecular weight is 611 g/mol. The predicted molar refractivity (Wildman–Crippen MR) is 167 cm³/mol. The molecule has 1 aliphatic carbocycles. The molecule has 0 spiro atoms. The van der Waals surface area contributed by atoms with Gasteiger partial charge in [0.2, 0.25) is 5.91 Å². The largest absolute Gasteiger partial charge is 0.459 e. The van der Waals surface area contributed by atoms with E-state index in [0.717, 1.165) is 32.4 Å². The summed E-state index contributed by atoms with van der Waals surface area (Å²) in [4.78, 5) is 66.4. The number of nitrogens with zero attached hydrogens (tertiary/aromatic N) is 2. The van der Waals surface area contributed by atoms with Gasteiger partial charge in [-0.2, -0.15) is 0 Å². The van der Waals surface area contributed by atoms with Crippen LogP contribution in [0.5, 0.6) is 0 Å². The lowest BCUT2D eigenvalue weighted by Gasteiger charge is -2.26. The van der Waals surface area contributed by atoms with Gasteiger partial charge in [-0.1, -0.05) is 78.9 Å². The summed E-state index contributed by atoms with van der Waals surface area (Å²) in [6, 6.07) is 24.5. The number of alkyl carbamates (subject to hydrolysis) is 1. The Morgan fingerprint density at radius 3 is 2.20 bits per heavy atom. The van der Waals surface area contributed by atoms with E-state index in [9.17, 15) is 24.0 Å². The number of aromatic nitrogens is 2. The van der Waals surface area contributed by atoms with Crippen molar-refractivity contribution in [2.45, 2.75) is 39.0 Å². The third kappa shape index (κ3) is 7.56. The van der Waals surface area contributed by atoms with E-state index < -0.39 is 48.4 Å². The fourth-order valence-electron chi connectivity index (χ4n) is 5.39. The Bertz CT molecular complexity index is 1770. The summed E-state index contributed by atoms with van der Waals surface area (Å²) in [6.45, 7) is 2.41. The van der Waals surface area contributed by atoms with Crippen molar-refractivity contribution in [3.63, 3.8) is 0 Å². The first-order valence-corrected chi connectivity index (χ1v) is 14.6. The number of aryl methyl sites for hydroxylation is 1. The van der Waals surface area contributed by atoms with Crippen molar-refractivity contribution in [2.75, 3.05) is 19.7 Å². The van der Waals surface area contributed by atoms with Crippen LogP contribution >= 0.6 is 0 Å². The minimum Gasteiger partial charge on any atom is -0.459 e. The van der Waals surface area contributed by atoms with E-state index in [4.69, 9.17) is 9.47 Å². The molecule has 0 saturated carbocycles. The van der Waals surface area contributed by atoms with E-state index in [0.29, 0.717) is 0 Å². The Kier molecular flexibility index (Phi) is 9.57. The van der Waals surface area contributed by atoms with Crippen molar-refractivity contribution in [2.24, 2.45) is 0 Å². The van der Waals surface area contributed by atoms with Gasteiger partial charge in [0.15, 0.2) is 0 Å². The molecule has 0 fully saturated rings. The van der Waals surface area contributed by atoms with Gasteiger partial charge in [0.25, 0.3) is 5.56 Å². The fraction of sp³-hybridized carbons (Fsp3) is 0.265. The normalized spacial score (nSPS) is 12.5. The molecule has 232 valence electrons. The van der Waals surface area contributed by atoms with Crippen molar-refractivity contribution in [3.05, 3.63) is 128 Å². The van der Waals surface area contributed by atoms with Crippen molar-refractivity contribution in [3.8, 4) is 11.1 Å². The molecule has 0 saturated heterocycles. The van der Waals surface area contributed by atoms with Gasteiger partial charge in [-0.3, -0.25) is 23.9 Å². The summed E-state index contributed by atoms with van der Waals surface area (Å²) < 4.78 is 12.1. The molecule has 1 atom stereocenters. The summed E-state index contributed by atoms with van der Waals surface area (Å²) in [5.41, 5.74) is 4.12. The molecule has 1 heterocycles. The predicted octanol–water partition coefficient (Wildman–Crippen LogP) is 3.34. The SMILES string of the molecule is Cc1cn(CC(=O)N(CC(=O)OCc2ccccc2)C[C@H](C)NC(=O)OCC2c3ccccc3-c3ccccc32)c(=O)[nH]c1=O. The van der Waals surface area contributed by atoms with E-state index >= 15 is 0 Å². The Hall–Kier alpha value is -5.45. The van der Waals surface area contributed by atoms with Gasteiger partial charge in [-0.15, -0.1) is 0 Å². The van der Waals surface area contributed by atoms with Crippen LogP contribution in [0.4, 0.5) is 4.79 Å². The molecule has 2 amide bonds. The van der Waals surface area contributed by atoms with Gasteiger partial charge in [0.05, 0.1) is 0 Å². The number of fused-ring (bicyclic) bond motifs is 3. The molecule has 0 bridgehead atoms. The van der Waals surface area contributed by atoms with Crippen LogP contribution in [0.1, 0.15) is 35.1 Å². The summed E-state index contributed by atoms with van der Waals surface area (Å²) in [5, 5.41) is 2.74. The van der Waals surface area contributed by atoms with Crippen molar-refractivity contribution in [1.29, 1.82) is 0 Å². The lowest BCUT2D eigenvalue weighted by Crippen LogP contribution is -2.48. The topological polar surface area (TPSA) is 140 Å². The molecule has 1 aromatic heterocycles. The molecule has 0 unspecified atom stereocenters. The Morgan fingerprint density at radius 1 is 0.911 bits per heavy atom. The number of amides is 2. The molecule has 5 rings (SSSR count). The van der Waals surface area contributed by atoms with Gasteiger partial charge >= 0.3 is 17.8 Å². The first-order chi connectivity index (χ1) is 21.7. The number of esters is 1. The molecule has 11 nitrogen and oxygen atoms in total. The molecular formula is C34H34N4O7. The van der Waals surface area contributed by atoms with E-state index in [2.05, 4.69) is 22.4 Å².